The van der Waals surface area contributed by atoms with Crippen LogP contribution in [0.3, 0.4) is 0 Å². The minimum Gasteiger partial charge on any atom is -0.331 e. The monoisotopic (exact) mass is 297 g/mol. The van der Waals surface area contributed by atoms with E-state index in [0.717, 1.165) is 11.3 Å². The van der Waals surface area contributed by atoms with Crippen LogP contribution < -0.4 is 10.7 Å². The highest BCUT2D eigenvalue weighted by Crippen LogP contribution is 2.14. The van der Waals surface area contributed by atoms with E-state index in [9.17, 15) is 0 Å². The van der Waals surface area contributed by atoms with E-state index in [4.69, 9.17) is 12.2 Å². The Labute approximate surface area is 131 Å². The molecule has 0 bridgehead atoms. The topological polar surface area (TPSA) is 36.4 Å². The van der Waals surface area contributed by atoms with Crippen molar-refractivity contribution in [1.82, 2.24) is 5.43 Å². The first-order valence-corrected chi connectivity index (χ1v) is 7.20. The predicted molar refractivity (Wildman–Crippen MR) is 94.0 cm³/mol. The van der Waals surface area contributed by atoms with Crippen LogP contribution in [0.4, 0.5) is 5.69 Å². The third-order valence-electron chi connectivity index (χ3n) is 3.13. The number of nitrogens with one attached hydrogen (secondary N) is 2. The molecule has 2 aromatic rings. The predicted octanol–water partition coefficient (Wildman–Crippen LogP) is 3.93. The maximum atomic E-state index is 5.20. The van der Waals surface area contributed by atoms with Crippen LogP contribution in [-0.4, -0.2) is 11.3 Å². The normalized spacial score (nSPS) is 10.6. The van der Waals surface area contributed by atoms with E-state index < -0.39 is 0 Å². The molecule has 2 rings (SSSR count). The van der Waals surface area contributed by atoms with Crippen LogP contribution in [0.15, 0.2) is 47.6 Å². The van der Waals surface area contributed by atoms with E-state index in [0.29, 0.717) is 5.11 Å². The first kappa shape index (κ1) is 15.2. The summed E-state index contributed by atoms with van der Waals surface area (Å²) in [6.07, 6.45) is 1.81. The van der Waals surface area contributed by atoms with Crippen molar-refractivity contribution in [3.8, 4) is 0 Å². The van der Waals surface area contributed by atoms with Gasteiger partial charge < -0.3 is 5.32 Å². The quantitative estimate of drug-likeness (QED) is 0.512. The average Bonchev–Trinajstić information content (AvgIpc) is 2.42. The van der Waals surface area contributed by atoms with E-state index in [1.54, 1.807) is 0 Å². The summed E-state index contributed by atoms with van der Waals surface area (Å²) in [5, 5.41) is 7.76. The molecule has 0 atom stereocenters. The van der Waals surface area contributed by atoms with Crippen LogP contribution in [0.5, 0.6) is 0 Å². The number of hydrogen-bond acceptors (Lipinski definition) is 2. The van der Waals surface area contributed by atoms with Crippen LogP contribution in [0, 0.1) is 20.8 Å². The molecule has 0 spiro atoms. The van der Waals surface area contributed by atoms with Crippen LogP contribution in [-0.2, 0) is 0 Å². The number of nitrogens with zero attached hydrogens (tertiary/aromatic N) is 1. The Morgan fingerprint density at radius 2 is 1.67 bits per heavy atom. The zero-order valence-corrected chi connectivity index (χ0v) is 13.3. The van der Waals surface area contributed by atoms with Gasteiger partial charge >= 0.3 is 0 Å². The molecular weight excluding hydrogens is 278 g/mol. The Hall–Kier alpha value is -2.20. The van der Waals surface area contributed by atoms with Gasteiger partial charge in [-0.05, 0) is 56.2 Å². The lowest BCUT2D eigenvalue weighted by Crippen LogP contribution is -2.23. The molecular formula is C17H19N3S. The van der Waals surface area contributed by atoms with Crippen LogP contribution >= 0.6 is 12.2 Å². The van der Waals surface area contributed by atoms with E-state index in [1.807, 2.05) is 36.5 Å². The van der Waals surface area contributed by atoms with E-state index >= 15 is 0 Å². The van der Waals surface area contributed by atoms with E-state index in [1.165, 1.54) is 16.7 Å². The summed E-state index contributed by atoms with van der Waals surface area (Å²) in [7, 11) is 0. The van der Waals surface area contributed by atoms with Gasteiger partial charge in [-0.2, -0.15) is 5.10 Å². The Morgan fingerprint density at radius 3 is 2.29 bits per heavy atom. The van der Waals surface area contributed by atoms with Gasteiger partial charge in [0, 0.05) is 11.3 Å². The number of thiocarbonyl (C=S) groups is 1. The van der Waals surface area contributed by atoms with E-state index in [2.05, 4.69) is 48.7 Å². The molecule has 0 radical (unpaired) electrons. The number of aryl methyl sites for hydroxylation is 3. The summed E-state index contributed by atoms with van der Waals surface area (Å²) >= 11 is 5.20. The maximum absolute atomic E-state index is 5.20. The van der Waals surface area contributed by atoms with Crippen molar-refractivity contribution in [3.63, 3.8) is 0 Å². The molecule has 108 valence electrons. The number of benzene rings is 2. The Kier molecular flexibility index (Phi) is 5.06. The molecule has 0 heterocycles. The number of rotatable bonds is 3. The molecule has 0 aliphatic carbocycles. The first-order chi connectivity index (χ1) is 10.1. The van der Waals surface area contributed by atoms with Crippen LogP contribution in [0.25, 0.3) is 0 Å². The third kappa shape index (κ3) is 4.39. The van der Waals surface area contributed by atoms with Gasteiger partial charge in [-0.1, -0.05) is 35.9 Å². The molecule has 0 saturated carbocycles. The van der Waals surface area contributed by atoms with Gasteiger partial charge in [0.25, 0.3) is 0 Å². The van der Waals surface area contributed by atoms with Crippen molar-refractivity contribution in [2.45, 2.75) is 20.8 Å². The van der Waals surface area contributed by atoms with Gasteiger partial charge in [0.15, 0.2) is 5.11 Å². The van der Waals surface area contributed by atoms with Gasteiger partial charge in [0.2, 0.25) is 0 Å². The second-order valence-electron chi connectivity index (χ2n) is 5.00. The highest BCUT2D eigenvalue weighted by Gasteiger charge is 2.01. The SMILES string of the molecule is Cc1cc(C)c(C=NNC(=S)Nc2ccccc2)c(C)c1. The van der Waals surface area contributed by atoms with Crippen molar-refractivity contribution in [2.75, 3.05) is 5.32 Å². The van der Waals surface area contributed by atoms with Crippen molar-refractivity contribution < 1.29 is 0 Å². The second kappa shape index (κ2) is 6.99. The van der Waals surface area contributed by atoms with Gasteiger partial charge in [-0.25, -0.2) is 0 Å². The largest absolute Gasteiger partial charge is 0.331 e. The molecule has 0 aliphatic heterocycles. The minimum atomic E-state index is 0.472. The van der Waals surface area contributed by atoms with Crippen molar-refractivity contribution >= 4 is 29.2 Å². The van der Waals surface area contributed by atoms with Crippen molar-refractivity contribution in [3.05, 3.63) is 64.7 Å². The summed E-state index contributed by atoms with van der Waals surface area (Å²) < 4.78 is 0. The van der Waals surface area contributed by atoms with E-state index in [-0.39, 0.29) is 0 Å². The zero-order chi connectivity index (χ0) is 15.2. The maximum Gasteiger partial charge on any atom is 0.191 e. The first-order valence-electron chi connectivity index (χ1n) is 6.79. The standard InChI is InChI=1S/C17H19N3S/c1-12-9-13(2)16(14(3)10-12)11-18-20-17(21)19-15-7-5-4-6-8-15/h4-11H,1-3H3,(H2,19,20,21). The summed E-state index contributed by atoms with van der Waals surface area (Å²) in [6, 6.07) is 14.1. The molecule has 2 aromatic carbocycles. The van der Waals surface area contributed by atoms with Crippen LogP contribution in [0.2, 0.25) is 0 Å². The summed E-state index contributed by atoms with van der Waals surface area (Å²) in [5.74, 6) is 0. The third-order valence-corrected chi connectivity index (χ3v) is 3.32. The second-order valence-corrected chi connectivity index (χ2v) is 5.41. The van der Waals surface area contributed by atoms with Gasteiger partial charge in [-0.15, -0.1) is 0 Å². The number of anilines is 1. The summed E-state index contributed by atoms with van der Waals surface area (Å²) in [6.45, 7) is 6.27. The molecule has 0 aliphatic rings. The lowest BCUT2D eigenvalue weighted by atomic mass is 10.0. The highest BCUT2D eigenvalue weighted by molar-refractivity contribution is 7.80. The molecule has 3 nitrogen and oxygen atoms in total. The zero-order valence-electron chi connectivity index (χ0n) is 12.5. The molecule has 0 saturated heterocycles. The van der Waals surface area contributed by atoms with Crippen LogP contribution in [0.1, 0.15) is 22.3 Å². The lowest BCUT2D eigenvalue weighted by molar-refractivity contribution is 1.05. The lowest BCUT2D eigenvalue weighted by Gasteiger charge is -2.08. The number of hydrazone groups is 1. The molecule has 21 heavy (non-hydrogen) atoms. The smallest absolute Gasteiger partial charge is 0.191 e. The molecule has 4 heteroatoms. The number of hydrogen-bond donors (Lipinski definition) is 2. The fourth-order valence-corrected chi connectivity index (χ4v) is 2.40. The van der Waals surface area contributed by atoms with Crippen molar-refractivity contribution in [1.29, 1.82) is 0 Å². The molecule has 2 N–H and O–H groups in total. The molecule has 0 fully saturated rings. The molecule has 0 aromatic heterocycles. The Balaban J connectivity index is 1.98. The summed E-state index contributed by atoms with van der Waals surface area (Å²) in [4.78, 5) is 0. The minimum absolute atomic E-state index is 0.472. The van der Waals surface area contributed by atoms with Crippen molar-refractivity contribution in [2.24, 2.45) is 5.10 Å². The molecule has 0 amide bonds. The fraction of sp³-hybridized carbons (Fsp3) is 0.176. The van der Waals surface area contributed by atoms with Gasteiger partial charge in [0.05, 0.1) is 6.21 Å². The molecule has 0 unspecified atom stereocenters. The average molecular weight is 297 g/mol. The number of para-hydroxylation sites is 1. The Bertz CT molecular complexity index is 640. The van der Waals surface area contributed by atoms with Gasteiger partial charge in [0.1, 0.15) is 0 Å². The summed E-state index contributed by atoms with van der Waals surface area (Å²) in [5.41, 5.74) is 8.57. The highest BCUT2D eigenvalue weighted by atomic mass is 32.1. The Morgan fingerprint density at radius 1 is 1.05 bits per heavy atom. The fourth-order valence-electron chi connectivity index (χ4n) is 2.23. The van der Waals surface area contributed by atoms with Gasteiger partial charge in [-0.3, -0.25) is 5.43 Å².